The Morgan fingerprint density at radius 1 is 0.800 bits per heavy atom. The first-order valence-corrected chi connectivity index (χ1v) is 10.0. The van der Waals surface area contributed by atoms with Gasteiger partial charge in [-0.3, -0.25) is 9.59 Å². The highest BCUT2D eigenvalue weighted by Crippen LogP contribution is 2.35. The van der Waals surface area contributed by atoms with Crippen molar-refractivity contribution in [1.82, 2.24) is 0 Å². The van der Waals surface area contributed by atoms with Gasteiger partial charge in [0, 0.05) is 10.7 Å². The third kappa shape index (κ3) is 3.62. The summed E-state index contributed by atoms with van der Waals surface area (Å²) in [6.45, 7) is 5.93. The Balaban J connectivity index is 1.86. The van der Waals surface area contributed by atoms with Gasteiger partial charge < -0.3 is 5.32 Å². The second kappa shape index (κ2) is 7.81. The van der Waals surface area contributed by atoms with Crippen molar-refractivity contribution < 1.29 is 9.59 Å². The van der Waals surface area contributed by atoms with Gasteiger partial charge in [0.2, 0.25) is 0 Å². The first-order chi connectivity index (χ1) is 14.3. The van der Waals surface area contributed by atoms with E-state index in [1.165, 1.54) is 4.90 Å². The number of hydrogen-bond acceptors (Lipinski definition) is 3. The largest absolute Gasteiger partial charge is 0.350 e. The first-order valence-electron chi connectivity index (χ1n) is 9.65. The van der Waals surface area contributed by atoms with Crippen molar-refractivity contribution in [3.8, 4) is 0 Å². The number of aryl methyl sites for hydroxylation is 3. The minimum Gasteiger partial charge on any atom is -0.350 e. The number of benzene rings is 3. The molecule has 5 heteroatoms. The second-order valence-corrected chi connectivity index (χ2v) is 7.92. The summed E-state index contributed by atoms with van der Waals surface area (Å²) in [7, 11) is 0. The zero-order chi connectivity index (χ0) is 21.4. The van der Waals surface area contributed by atoms with Crippen molar-refractivity contribution >= 4 is 40.4 Å². The lowest BCUT2D eigenvalue weighted by Crippen LogP contribution is -2.32. The van der Waals surface area contributed by atoms with E-state index in [9.17, 15) is 9.59 Å². The predicted molar refractivity (Wildman–Crippen MR) is 122 cm³/mol. The van der Waals surface area contributed by atoms with Gasteiger partial charge in [-0.05, 0) is 62.2 Å². The molecule has 3 aromatic carbocycles. The molecule has 0 aliphatic carbocycles. The molecule has 2 amide bonds. The summed E-state index contributed by atoms with van der Waals surface area (Å²) < 4.78 is 0. The van der Waals surface area contributed by atoms with Crippen LogP contribution in [0.3, 0.4) is 0 Å². The van der Waals surface area contributed by atoms with Gasteiger partial charge in [0.05, 0.1) is 11.3 Å². The highest BCUT2D eigenvalue weighted by Gasteiger charge is 2.40. The highest BCUT2D eigenvalue weighted by atomic mass is 35.5. The summed E-state index contributed by atoms with van der Waals surface area (Å²) >= 11 is 6.12. The lowest BCUT2D eigenvalue weighted by Gasteiger charge is -2.16. The topological polar surface area (TPSA) is 49.4 Å². The molecular weight excluding hydrogens is 396 g/mol. The van der Waals surface area contributed by atoms with Crippen LogP contribution in [0.1, 0.15) is 22.3 Å². The SMILES string of the molecule is Cc1ccc(NC2=C(c3ccc(C)cc3C)C(=O)N(c3cccc(Cl)c3)C2=O)cc1. The quantitative estimate of drug-likeness (QED) is 0.558. The number of carbonyl (C=O) groups excluding carboxylic acids is 2. The third-order valence-corrected chi connectivity index (χ3v) is 5.36. The van der Waals surface area contributed by atoms with Crippen LogP contribution < -0.4 is 10.2 Å². The molecule has 1 heterocycles. The minimum atomic E-state index is -0.405. The first kappa shape index (κ1) is 19.9. The maximum Gasteiger partial charge on any atom is 0.282 e. The molecule has 1 aliphatic heterocycles. The molecule has 1 aliphatic rings. The number of imide groups is 1. The van der Waals surface area contributed by atoms with Gasteiger partial charge in [-0.25, -0.2) is 4.90 Å². The Morgan fingerprint density at radius 3 is 2.17 bits per heavy atom. The molecule has 1 N–H and O–H groups in total. The summed E-state index contributed by atoms with van der Waals surface area (Å²) in [5.41, 5.74) is 5.67. The van der Waals surface area contributed by atoms with Crippen LogP contribution in [0.5, 0.6) is 0 Å². The number of anilines is 2. The predicted octanol–water partition coefficient (Wildman–Crippen LogP) is 5.66. The maximum absolute atomic E-state index is 13.5. The van der Waals surface area contributed by atoms with Gasteiger partial charge in [0.1, 0.15) is 5.70 Å². The molecule has 4 nitrogen and oxygen atoms in total. The fraction of sp³-hybridized carbons (Fsp3) is 0.120. The van der Waals surface area contributed by atoms with E-state index in [1.807, 2.05) is 63.2 Å². The number of nitrogens with zero attached hydrogens (tertiary/aromatic N) is 1. The molecule has 0 saturated heterocycles. The maximum atomic E-state index is 13.5. The van der Waals surface area contributed by atoms with Gasteiger partial charge in [-0.2, -0.15) is 0 Å². The monoisotopic (exact) mass is 416 g/mol. The average molecular weight is 417 g/mol. The molecule has 3 aromatic rings. The number of nitrogens with one attached hydrogen (secondary N) is 1. The Bertz CT molecular complexity index is 1200. The van der Waals surface area contributed by atoms with Crippen LogP contribution in [0.2, 0.25) is 5.02 Å². The van der Waals surface area contributed by atoms with E-state index in [0.29, 0.717) is 16.3 Å². The van der Waals surface area contributed by atoms with E-state index < -0.39 is 5.91 Å². The Morgan fingerprint density at radius 2 is 1.50 bits per heavy atom. The lowest BCUT2D eigenvalue weighted by atomic mass is 9.97. The molecule has 0 radical (unpaired) electrons. The summed E-state index contributed by atoms with van der Waals surface area (Å²) in [6, 6.07) is 20.3. The van der Waals surface area contributed by atoms with Crippen molar-refractivity contribution in [2.45, 2.75) is 20.8 Å². The van der Waals surface area contributed by atoms with Crippen LogP contribution in [-0.2, 0) is 9.59 Å². The standard InChI is InChI=1S/C25H21ClN2O2/c1-15-7-10-19(11-8-15)27-23-22(21-12-9-16(2)13-17(21)3)24(29)28(25(23)30)20-6-4-5-18(26)14-20/h4-14,27H,1-3H3. The number of rotatable bonds is 4. The second-order valence-electron chi connectivity index (χ2n) is 7.48. The zero-order valence-corrected chi connectivity index (χ0v) is 17.7. The normalized spacial score (nSPS) is 13.9. The van der Waals surface area contributed by atoms with E-state index in [-0.39, 0.29) is 11.6 Å². The Labute approximate surface area is 180 Å². The van der Waals surface area contributed by atoms with E-state index in [4.69, 9.17) is 11.6 Å². The van der Waals surface area contributed by atoms with Crippen LogP contribution in [0.15, 0.2) is 72.4 Å². The van der Waals surface area contributed by atoms with E-state index in [0.717, 1.165) is 27.9 Å². The number of hydrogen-bond donors (Lipinski definition) is 1. The molecule has 0 fully saturated rings. The van der Waals surface area contributed by atoms with E-state index >= 15 is 0 Å². The molecule has 30 heavy (non-hydrogen) atoms. The Kier molecular flexibility index (Phi) is 5.18. The molecule has 4 rings (SSSR count). The summed E-state index contributed by atoms with van der Waals surface area (Å²) in [5.74, 6) is -0.776. The van der Waals surface area contributed by atoms with Crippen molar-refractivity contribution in [2.24, 2.45) is 0 Å². The van der Waals surface area contributed by atoms with Crippen LogP contribution in [-0.4, -0.2) is 11.8 Å². The van der Waals surface area contributed by atoms with Gasteiger partial charge in [-0.15, -0.1) is 0 Å². The lowest BCUT2D eigenvalue weighted by molar-refractivity contribution is -0.120. The zero-order valence-electron chi connectivity index (χ0n) is 17.0. The van der Waals surface area contributed by atoms with E-state index in [1.54, 1.807) is 24.3 Å². The van der Waals surface area contributed by atoms with Crippen molar-refractivity contribution in [3.63, 3.8) is 0 Å². The number of amides is 2. The van der Waals surface area contributed by atoms with Crippen molar-refractivity contribution in [2.75, 3.05) is 10.2 Å². The van der Waals surface area contributed by atoms with Gasteiger partial charge >= 0.3 is 0 Å². The number of halogens is 1. The molecule has 0 unspecified atom stereocenters. The van der Waals surface area contributed by atoms with Gasteiger partial charge in [0.25, 0.3) is 11.8 Å². The highest BCUT2D eigenvalue weighted by molar-refractivity contribution is 6.46. The van der Waals surface area contributed by atoms with Crippen LogP contribution in [0.25, 0.3) is 5.57 Å². The van der Waals surface area contributed by atoms with Crippen molar-refractivity contribution in [1.29, 1.82) is 0 Å². The van der Waals surface area contributed by atoms with Crippen LogP contribution in [0, 0.1) is 20.8 Å². The minimum absolute atomic E-state index is 0.260. The summed E-state index contributed by atoms with van der Waals surface area (Å²) in [4.78, 5) is 28.1. The fourth-order valence-corrected chi connectivity index (χ4v) is 3.81. The fourth-order valence-electron chi connectivity index (χ4n) is 3.62. The smallest absolute Gasteiger partial charge is 0.282 e. The summed E-state index contributed by atoms with van der Waals surface area (Å²) in [6.07, 6.45) is 0. The molecule has 0 atom stereocenters. The van der Waals surface area contributed by atoms with Gasteiger partial charge in [-0.1, -0.05) is 59.1 Å². The Hall–Kier alpha value is -3.37. The molecule has 150 valence electrons. The summed E-state index contributed by atoms with van der Waals surface area (Å²) in [5, 5.41) is 3.65. The van der Waals surface area contributed by atoms with Crippen molar-refractivity contribution in [3.05, 3.63) is 99.7 Å². The van der Waals surface area contributed by atoms with Crippen LogP contribution >= 0.6 is 11.6 Å². The van der Waals surface area contributed by atoms with Crippen LogP contribution in [0.4, 0.5) is 11.4 Å². The molecule has 0 bridgehead atoms. The van der Waals surface area contributed by atoms with Gasteiger partial charge in [0.15, 0.2) is 0 Å². The number of carbonyl (C=O) groups is 2. The molecule has 0 spiro atoms. The third-order valence-electron chi connectivity index (χ3n) is 5.12. The molecule has 0 saturated carbocycles. The average Bonchev–Trinajstić information content (AvgIpc) is 2.94. The molecular formula is C25H21ClN2O2. The molecule has 0 aromatic heterocycles. The van der Waals surface area contributed by atoms with E-state index in [2.05, 4.69) is 5.32 Å².